The van der Waals surface area contributed by atoms with Crippen molar-refractivity contribution in [1.82, 2.24) is 5.32 Å². The smallest absolute Gasteiger partial charge is 0.313 e. The topological polar surface area (TPSA) is 66.0 Å². The zero-order valence-electron chi connectivity index (χ0n) is 14.7. The van der Waals surface area contributed by atoms with Crippen LogP contribution in [0.15, 0.2) is 17.7 Å². The van der Waals surface area contributed by atoms with Gasteiger partial charge in [0.25, 0.3) is 0 Å². The number of esters is 1. The molecule has 6 heteroatoms. The van der Waals surface area contributed by atoms with Crippen LogP contribution < -0.4 is 19.5 Å². The molecule has 132 valence electrons. The molecule has 1 N–H and O–H groups in total. The van der Waals surface area contributed by atoms with E-state index in [9.17, 15) is 4.79 Å². The van der Waals surface area contributed by atoms with Gasteiger partial charge in [-0.2, -0.15) is 0 Å². The second-order valence-electron chi connectivity index (χ2n) is 5.45. The number of methoxy groups -OCH3 is 3. The summed E-state index contributed by atoms with van der Waals surface area (Å²) in [5.74, 6) is 1.33. The van der Waals surface area contributed by atoms with Gasteiger partial charge >= 0.3 is 5.97 Å². The molecule has 2 rings (SSSR count). The van der Waals surface area contributed by atoms with Crippen molar-refractivity contribution >= 4 is 12.0 Å². The molecule has 0 bridgehead atoms. The van der Waals surface area contributed by atoms with E-state index in [0.29, 0.717) is 30.4 Å². The highest BCUT2D eigenvalue weighted by atomic mass is 16.5. The predicted octanol–water partition coefficient (Wildman–Crippen LogP) is 2.27. The number of rotatable bonds is 6. The number of piperidine rings is 1. The molecule has 0 aromatic heterocycles. The average Bonchev–Trinajstić information content (AvgIpc) is 2.61. The molecule has 1 aliphatic rings. The predicted molar refractivity (Wildman–Crippen MR) is 91.7 cm³/mol. The molecule has 0 radical (unpaired) electrons. The van der Waals surface area contributed by atoms with Crippen molar-refractivity contribution in [2.24, 2.45) is 5.92 Å². The quantitative estimate of drug-likeness (QED) is 0.805. The summed E-state index contributed by atoms with van der Waals surface area (Å²) in [5, 5.41) is 3.30. The molecule has 1 unspecified atom stereocenters. The van der Waals surface area contributed by atoms with Crippen molar-refractivity contribution < 1.29 is 23.7 Å². The van der Waals surface area contributed by atoms with Crippen molar-refractivity contribution in [3.63, 3.8) is 0 Å². The molecule has 1 saturated heterocycles. The van der Waals surface area contributed by atoms with Crippen molar-refractivity contribution in [2.45, 2.75) is 13.3 Å². The molecule has 6 nitrogen and oxygen atoms in total. The van der Waals surface area contributed by atoms with E-state index in [0.717, 1.165) is 24.1 Å². The molecule has 0 amide bonds. The van der Waals surface area contributed by atoms with Gasteiger partial charge in [0.2, 0.25) is 5.75 Å². The molecule has 0 aliphatic carbocycles. The summed E-state index contributed by atoms with van der Waals surface area (Å²) < 4.78 is 21.3. The van der Waals surface area contributed by atoms with Crippen LogP contribution in [0.25, 0.3) is 6.08 Å². The number of hydrogen-bond donors (Lipinski definition) is 1. The van der Waals surface area contributed by atoms with Gasteiger partial charge in [-0.1, -0.05) is 6.08 Å². The summed E-state index contributed by atoms with van der Waals surface area (Å²) >= 11 is 0. The molecule has 0 spiro atoms. The van der Waals surface area contributed by atoms with E-state index in [1.807, 2.05) is 25.1 Å². The minimum atomic E-state index is -0.217. The number of carbonyl (C=O) groups excluding carboxylic acids is 1. The fourth-order valence-corrected chi connectivity index (χ4v) is 2.85. The number of ether oxygens (including phenoxy) is 4. The summed E-state index contributed by atoms with van der Waals surface area (Å²) in [7, 11) is 4.73. The van der Waals surface area contributed by atoms with Crippen LogP contribution in [0.5, 0.6) is 17.2 Å². The third-order valence-electron chi connectivity index (χ3n) is 4.00. The monoisotopic (exact) mass is 335 g/mol. The zero-order chi connectivity index (χ0) is 17.5. The first-order chi connectivity index (χ1) is 11.6. The normalized spacial score (nSPS) is 19.0. The fourth-order valence-electron chi connectivity index (χ4n) is 2.85. The third-order valence-corrected chi connectivity index (χ3v) is 4.00. The molecular weight excluding hydrogens is 310 g/mol. The summed E-state index contributed by atoms with van der Waals surface area (Å²) in [4.78, 5) is 12.2. The number of carbonyl (C=O) groups is 1. The first-order valence-corrected chi connectivity index (χ1v) is 8.02. The zero-order valence-corrected chi connectivity index (χ0v) is 14.7. The lowest BCUT2D eigenvalue weighted by molar-refractivity contribution is -0.147. The minimum Gasteiger partial charge on any atom is -0.493 e. The maximum absolute atomic E-state index is 12.2. The lowest BCUT2D eigenvalue weighted by atomic mass is 9.90. The summed E-state index contributed by atoms with van der Waals surface area (Å²) in [6.45, 7) is 3.66. The number of benzene rings is 1. The largest absolute Gasteiger partial charge is 0.493 e. The maximum atomic E-state index is 12.2. The maximum Gasteiger partial charge on any atom is 0.313 e. The second-order valence-corrected chi connectivity index (χ2v) is 5.45. The SMILES string of the molecule is CCOC(=O)C1CCNC/C1=C\c1cc(OC)c(OC)c(OC)c1. The Kier molecular flexibility index (Phi) is 6.49. The van der Waals surface area contributed by atoms with E-state index in [1.165, 1.54) is 0 Å². The molecule has 24 heavy (non-hydrogen) atoms. The van der Waals surface area contributed by atoms with Crippen molar-refractivity contribution in [1.29, 1.82) is 0 Å². The highest BCUT2D eigenvalue weighted by molar-refractivity contribution is 5.79. The standard InChI is InChI=1S/C18H25NO5/c1-5-24-18(20)14-6-7-19-11-13(14)8-12-9-15(21-2)17(23-4)16(10-12)22-3/h8-10,14,19H,5-7,11H2,1-4H3/b13-8+. The Morgan fingerprint density at radius 3 is 2.42 bits per heavy atom. The van der Waals surface area contributed by atoms with Gasteiger partial charge < -0.3 is 24.3 Å². The van der Waals surface area contributed by atoms with Crippen LogP contribution in [0.3, 0.4) is 0 Å². The fraction of sp³-hybridized carbons (Fsp3) is 0.500. The molecule has 1 aromatic carbocycles. The van der Waals surface area contributed by atoms with Crippen LogP contribution in [0, 0.1) is 5.92 Å². The van der Waals surface area contributed by atoms with Crippen LogP contribution >= 0.6 is 0 Å². The van der Waals surface area contributed by atoms with Gasteiger partial charge in [0.1, 0.15) is 0 Å². The van der Waals surface area contributed by atoms with E-state index in [2.05, 4.69) is 5.32 Å². The summed E-state index contributed by atoms with van der Waals surface area (Å²) in [6.07, 6.45) is 2.72. The van der Waals surface area contributed by atoms with Gasteiger partial charge in [-0.3, -0.25) is 4.79 Å². The molecule has 0 saturated carbocycles. The van der Waals surface area contributed by atoms with Gasteiger partial charge in [-0.25, -0.2) is 0 Å². The minimum absolute atomic E-state index is 0.169. The van der Waals surface area contributed by atoms with Gasteiger partial charge in [0, 0.05) is 6.54 Å². The lowest BCUT2D eigenvalue weighted by Crippen LogP contribution is -2.35. The number of nitrogens with one attached hydrogen (secondary N) is 1. The molecule has 1 aliphatic heterocycles. The van der Waals surface area contributed by atoms with Crippen LogP contribution in [0.2, 0.25) is 0 Å². The van der Waals surface area contributed by atoms with Crippen molar-refractivity contribution in [3.8, 4) is 17.2 Å². The second kappa shape index (κ2) is 8.59. The Hall–Kier alpha value is -2.21. The molecule has 1 fully saturated rings. The van der Waals surface area contributed by atoms with Gasteiger partial charge in [-0.05, 0) is 43.2 Å². The van der Waals surface area contributed by atoms with Gasteiger partial charge in [-0.15, -0.1) is 0 Å². The van der Waals surface area contributed by atoms with E-state index < -0.39 is 0 Å². The Bertz CT molecular complexity index is 586. The van der Waals surface area contributed by atoms with Gasteiger partial charge in [0.15, 0.2) is 11.5 Å². The van der Waals surface area contributed by atoms with E-state index in [1.54, 1.807) is 21.3 Å². The first-order valence-electron chi connectivity index (χ1n) is 8.02. The highest BCUT2D eigenvalue weighted by Gasteiger charge is 2.27. The molecule has 1 heterocycles. The Labute approximate surface area is 142 Å². The Morgan fingerprint density at radius 1 is 1.21 bits per heavy atom. The van der Waals surface area contributed by atoms with Gasteiger partial charge in [0.05, 0.1) is 33.9 Å². The average molecular weight is 335 g/mol. The van der Waals surface area contributed by atoms with E-state index >= 15 is 0 Å². The summed E-state index contributed by atoms with van der Waals surface area (Å²) in [6, 6.07) is 3.73. The number of hydrogen-bond acceptors (Lipinski definition) is 6. The van der Waals surface area contributed by atoms with E-state index in [4.69, 9.17) is 18.9 Å². The highest BCUT2D eigenvalue weighted by Crippen LogP contribution is 2.39. The lowest BCUT2D eigenvalue weighted by Gasteiger charge is -2.25. The van der Waals surface area contributed by atoms with Crippen molar-refractivity contribution in [2.75, 3.05) is 41.0 Å². The Balaban J connectivity index is 2.38. The van der Waals surface area contributed by atoms with Crippen LogP contribution in [-0.4, -0.2) is 47.0 Å². The molecular formula is C18H25NO5. The Morgan fingerprint density at radius 2 is 1.88 bits per heavy atom. The third kappa shape index (κ3) is 4.00. The van der Waals surface area contributed by atoms with Crippen LogP contribution in [0.1, 0.15) is 18.9 Å². The van der Waals surface area contributed by atoms with Crippen LogP contribution in [0.4, 0.5) is 0 Å². The van der Waals surface area contributed by atoms with E-state index in [-0.39, 0.29) is 11.9 Å². The van der Waals surface area contributed by atoms with Crippen LogP contribution in [-0.2, 0) is 9.53 Å². The summed E-state index contributed by atoms with van der Waals surface area (Å²) in [5.41, 5.74) is 1.88. The van der Waals surface area contributed by atoms with Crippen molar-refractivity contribution in [3.05, 3.63) is 23.3 Å². The molecule has 1 aromatic rings. The first kappa shape index (κ1) is 18.1. The molecule has 1 atom stereocenters.